The van der Waals surface area contributed by atoms with Crippen LogP contribution in [0.25, 0.3) is 0 Å². The van der Waals surface area contributed by atoms with Crippen molar-refractivity contribution in [3.05, 3.63) is 61.8 Å². The standard InChI is InChI=1S/C18H21F3N4O3/c1-10(14(26)13-15(22)24(3)17(28)25(4)16(13)27)23(2)9-11-5-7-12(8-6-11)18(19,20)21/h5-8,10H,9,22H2,1-4H3. The highest BCUT2D eigenvalue weighted by Crippen LogP contribution is 2.29. The fourth-order valence-corrected chi connectivity index (χ4v) is 2.72. The first-order valence-electron chi connectivity index (χ1n) is 8.32. The van der Waals surface area contributed by atoms with E-state index < -0.39 is 34.8 Å². The summed E-state index contributed by atoms with van der Waals surface area (Å²) in [6.45, 7) is 1.73. The highest BCUT2D eigenvalue weighted by Gasteiger charge is 2.30. The van der Waals surface area contributed by atoms with E-state index in [9.17, 15) is 27.6 Å². The van der Waals surface area contributed by atoms with Crippen LogP contribution in [0.5, 0.6) is 0 Å². The summed E-state index contributed by atoms with van der Waals surface area (Å²) in [6.07, 6.45) is -4.42. The van der Waals surface area contributed by atoms with Gasteiger partial charge in [0.25, 0.3) is 5.56 Å². The summed E-state index contributed by atoms with van der Waals surface area (Å²) in [4.78, 5) is 38.6. The van der Waals surface area contributed by atoms with Gasteiger partial charge in [-0.1, -0.05) is 12.1 Å². The van der Waals surface area contributed by atoms with Gasteiger partial charge in [-0.25, -0.2) is 4.79 Å². The highest BCUT2D eigenvalue weighted by molar-refractivity contribution is 6.03. The Kier molecular flexibility index (Phi) is 5.83. The minimum atomic E-state index is -4.42. The lowest BCUT2D eigenvalue weighted by molar-refractivity contribution is -0.137. The van der Waals surface area contributed by atoms with Crippen LogP contribution in [0.15, 0.2) is 33.9 Å². The van der Waals surface area contributed by atoms with E-state index in [2.05, 4.69) is 0 Å². The molecule has 0 aliphatic carbocycles. The molecular formula is C18H21F3N4O3. The Balaban J connectivity index is 2.27. The molecule has 0 aliphatic heterocycles. The van der Waals surface area contributed by atoms with Crippen LogP contribution in [0.3, 0.4) is 0 Å². The smallest absolute Gasteiger partial charge is 0.384 e. The van der Waals surface area contributed by atoms with E-state index in [-0.39, 0.29) is 17.9 Å². The van der Waals surface area contributed by atoms with Crippen LogP contribution in [-0.2, 0) is 26.8 Å². The summed E-state index contributed by atoms with van der Waals surface area (Å²) in [7, 11) is 4.20. The zero-order valence-electron chi connectivity index (χ0n) is 15.9. The average Bonchev–Trinajstić information content (AvgIpc) is 2.63. The van der Waals surface area contributed by atoms with Crippen molar-refractivity contribution in [3.8, 4) is 0 Å². The van der Waals surface area contributed by atoms with Gasteiger partial charge in [0, 0.05) is 20.6 Å². The van der Waals surface area contributed by atoms with E-state index in [1.165, 1.54) is 26.2 Å². The number of hydrogen-bond acceptors (Lipinski definition) is 5. The molecule has 0 amide bonds. The van der Waals surface area contributed by atoms with Crippen LogP contribution in [0.1, 0.15) is 28.4 Å². The minimum Gasteiger partial charge on any atom is -0.384 e. The molecule has 1 atom stereocenters. The Morgan fingerprint density at radius 2 is 1.68 bits per heavy atom. The van der Waals surface area contributed by atoms with Gasteiger partial charge in [0.1, 0.15) is 11.4 Å². The Morgan fingerprint density at radius 3 is 2.18 bits per heavy atom. The van der Waals surface area contributed by atoms with Crippen molar-refractivity contribution < 1.29 is 18.0 Å². The molecule has 1 unspecified atom stereocenters. The number of rotatable bonds is 5. The largest absolute Gasteiger partial charge is 0.416 e. The number of nitrogens with zero attached hydrogens (tertiary/aromatic N) is 3. The summed E-state index contributed by atoms with van der Waals surface area (Å²) in [6, 6.07) is 3.80. The maximum atomic E-state index is 12.8. The first-order valence-corrected chi connectivity index (χ1v) is 8.32. The number of likely N-dealkylation sites (N-methyl/N-ethyl adjacent to an activating group) is 1. The summed E-state index contributed by atoms with van der Waals surface area (Å²) < 4.78 is 39.8. The van der Waals surface area contributed by atoms with Gasteiger partial charge >= 0.3 is 11.9 Å². The zero-order chi connectivity index (χ0) is 21.4. The topological polar surface area (TPSA) is 90.3 Å². The van der Waals surface area contributed by atoms with Gasteiger partial charge in [-0.15, -0.1) is 0 Å². The molecule has 0 aliphatic rings. The number of halogens is 3. The third-order valence-corrected chi connectivity index (χ3v) is 4.71. The van der Waals surface area contributed by atoms with Crippen molar-refractivity contribution in [2.45, 2.75) is 25.7 Å². The zero-order valence-corrected chi connectivity index (χ0v) is 15.9. The van der Waals surface area contributed by atoms with Crippen LogP contribution in [0, 0.1) is 0 Å². The van der Waals surface area contributed by atoms with Gasteiger partial charge in [0.05, 0.1) is 11.6 Å². The normalized spacial score (nSPS) is 13.0. The number of anilines is 1. The molecule has 2 N–H and O–H groups in total. The van der Waals surface area contributed by atoms with E-state index in [4.69, 9.17) is 5.73 Å². The summed E-state index contributed by atoms with van der Waals surface area (Å²) >= 11 is 0. The molecule has 0 fully saturated rings. The number of aromatic nitrogens is 2. The van der Waals surface area contributed by atoms with Crippen molar-refractivity contribution >= 4 is 11.6 Å². The molecule has 1 heterocycles. The van der Waals surface area contributed by atoms with E-state index in [1.54, 1.807) is 18.9 Å². The third-order valence-electron chi connectivity index (χ3n) is 4.71. The molecule has 1 aromatic heterocycles. The van der Waals surface area contributed by atoms with Crippen LogP contribution in [-0.4, -0.2) is 32.9 Å². The Hall–Kier alpha value is -2.88. The summed E-state index contributed by atoms with van der Waals surface area (Å²) in [5.41, 5.74) is 3.88. The molecule has 0 spiro atoms. The molecule has 28 heavy (non-hydrogen) atoms. The Labute approximate surface area is 158 Å². The van der Waals surface area contributed by atoms with Crippen molar-refractivity contribution in [3.63, 3.8) is 0 Å². The Bertz CT molecular complexity index is 1010. The number of benzene rings is 1. The van der Waals surface area contributed by atoms with Gasteiger partial charge in [0.15, 0.2) is 5.78 Å². The molecule has 7 nitrogen and oxygen atoms in total. The maximum Gasteiger partial charge on any atom is 0.416 e. The number of nitrogen functional groups attached to an aromatic ring is 1. The predicted molar refractivity (Wildman–Crippen MR) is 98.0 cm³/mol. The second-order valence-electron chi connectivity index (χ2n) is 6.62. The fraction of sp³-hybridized carbons (Fsp3) is 0.389. The molecule has 10 heteroatoms. The van der Waals surface area contributed by atoms with E-state index in [1.807, 2.05) is 0 Å². The van der Waals surface area contributed by atoms with Gasteiger partial charge in [-0.3, -0.25) is 23.6 Å². The molecule has 0 bridgehead atoms. The molecule has 152 valence electrons. The number of carbonyl (C=O) groups is 1. The molecule has 1 aromatic carbocycles. The number of nitrogens with two attached hydrogens (primary N) is 1. The van der Waals surface area contributed by atoms with Crippen molar-refractivity contribution in [2.24, 2.45) is 14.1 Å². The fourth-order valence-electron chi connectivity index (χ4n) is 2.72. The minimum absolute atomic E-state index is 0.178. The number of ketones is 1. The van der Waals surface area contributed by atoms with Crippen LogP contribution in [0.4, 0.5) is 19.0 Å². The highest BCUT2D eigenvalue weighted by atomic mass is 19.4. The quantitative estimate of drug-likeness (QED) is 0.769. The van der Waals surface area contributed by atoms with Crippen molar-refractivity contribution in [2.75, 3.05) is 12.8 Å². The predicted octanol–water partition coefficient (Wildman–Crippen LogP) is 1.39. The molecular weight excluding hydrogens is 377 g/mol. The molecule has 0 saturated carbocycles. The van der Waals surface area contributed by atoms with Gasteiger partial charge in [-0.2, -0.15) is 13.2 Å². The molecule has 0 radical (unpaired) electrons. The van der Waals surface area contributed by atoms with Crippen LogP contribution < -0.4 is 17.0 Å². The second kappa shape index (κ2) is 7.63. The van der Waals surface area contributed by atoms with E-state index in [0.717, 1.165) is 21.3 Å². The van der Waals surface area contributed by atoms with Crippen LogP contribution >= 0.6 is 0 Å². The molecule has 0 saturated heterocycles. The lowest BCUT2D eigenvalue weighted by atomic mass is 10.0. The van der Waals surface area contributed by atoms with Crippen molar-refractivity contribution in [1.82, 2.24) is 14.0 Å². The number of Topliss-reactive ketones (excluding diaryl/α,β-unsaturated/α-hetero) is 1. The molecule has 2 aromatic rings. The number of carbonyl (C=O) groups excluding carboxylic acids is 1. The van der Waals surface area contributed by atoms with Gasteiger partial charge in [-0.05, 0) is 31.7 Å². The number of hydrogen-bond donors (Lipinski definition) is 1. The van der Waals surface area contributed by atoms with Gasteiger partial charge < -0.3 is 5.73 Å². The first-order chi connectivity index (χ1) is 12.9. The lowest BCUT2D eigenvalue weighted by Crippen LogP contribution is -2.45. The van der Waals surface area contributed by atoms with E-state index >= 15 is 0 Å². The number of alkyl halides is 3. The van der Waals surface area contributed by atoms with E-state index in [0.29, 0.717) is 5.56 Å². The maximum absolute atomic E-state index is 12.8. The SMILES string of the molecule is CC(C(=O)c1c(N)n(C)c(=O)n(C)c1=O)N(C)Cc1ccc(C(F)(F)F)cc1. The lowest BCUT2D eigenvalue weighted by Gasteiger charge is -2.24. The average molecular weight is 398 g/mol. The van der Waals surface area contributed by atoms with Crippen molar-refractivity contribution in [1.29, 1.82) is 0 Å². The second-order valence-corrected chi connectivity index (χ2v) is 6.62. The van der Waals surface area contributed by atoms with Gasteiger partial charge in [0.2, 0.25) is 0 Å². The Morgan fingerprint density at radius 1 is 1.14 bits per heavy atom. The summed E-state index contributed by atoms with van der Waals surface area (Å²) in [5.74, 6) is -0.809. The first kappa shape index (κ1) is 21.4. The molecule has 2 rings (SSSR count). The van der Waals surface area contributed by atoms with Crippen LogP contribution in [0.2, 0.25) is 0 Å². The third kappa shape index (κ3) is 4.01. The monoisotopic (exact) mass is 398 g/mol. The summed E-state index contributed by atoms with van der Waals surface area (Å²) in [5, 5.41) is 0.